The van der Waals surface area contributed by atoms with E-state index in [4.69, 9.17) is 14.3 Å². The first-order chi connectivity index (χ1) is 7.16. The van der Waals surface area contributed by atoms with Crippen LogP contribution in [-0.2, 0) is 4.52 Å². The Morgan fingerprint density at radius 3 is 2.33 bits per heavy atom. The van der Waals surface area contributed by atoms with Crippen LogP contribution in [0.25, 0.3) is 0 Å². The highest BCUT2D eigenvalue weighted by Gasteiger charge is 2.07. The maximum atomic E-state index is 8.61. The fourth-order valence-electron chi connectivity index (χ4n) is 1.29. The van der Waals surface area contributed by atoms with Crippen LogP contribution in [0, 0.1) is 0 Å². The van der Waals surface area contributed by atoms with Gasteiger partial charge < -0.3 is 9.79 Å². The van der Waals surface area contributed by atoms with Gasteiger partial charge in [0.15, 0.2) is 0 Å². The molecule has 0 rings (SSSR count). The van der Waals surface area contributed by atoms with E-state index in [9.17, 15) is 0 Å². The van der Waals surface area contributed by atoms with Crippen LogP contribution < -0.4 is 0 Å². The zero-order valence-corrected chi connectivity index (χ0v) is 11.4. The van der Waals surface area contributed by atoms with Crippen LogP contribution in [0.3, 0.4) is 0 Å². The van der Waals surface area contributed by atoms with Gasteiger partial charge in [0.1, 0.15) is 5.44 Å². The molecule has 0 aliphatic rings. The van der Waals surface area contributed by atoms with Gasteiger partial charge in [-0.25, -0.2) is 0 Å². The second-order valence-electron chi connectivity index (χ2n) is 3.56. The summed E-state index contributed by atoms with van der Waals surface area (Å²) in [7, 11) is -2.19. The molecule has 0 unspecified atom stereocenters. The molecule has 2 N–H and O–H groups in total. The molecule has 0 saturated heterocycles. The lowest BCUT2D eigenvalue weighted by molar-refractivity contribution is 0.248. The Labute approximate surface area is 98.6 Å². The Kier molecular flexibility index (Phi) is 11.6. The summed E-state index contributed by atoms with van der Waals surface area (Å²) < 4.78 is 4.83. The predicted octanol–water partition coefficient (Wildman–Crippen LogP) is 3.65. The highest BCUT2D eigenvalue weighted by atomic mass is 32.2. The lowest BCUT2D eigenvalue weighted by atomic mass is 10.1. The Hall–Kier alpha value is 0.660. The lowest BCUT2D eigenvalue weighted by Gasteiger charge is -2.11. The van der Waals surface area contributed by atoms with Gasteiger partial charge in [-0.1, -0.05) is 39.0 Å². The summed E-state index contributed by atoms with van der Waals surface area (Å²) in [6, 6.07) is 0. The van der Waals surface area contributed by atoms with Crippen LogP contribution in [0.2, 0.25) is 0 Å². The highest BCUT2D eigenvalue weighted by molar-refractivity contribution is 7.99. The Balaban J connectivity index is 3.09. The molecule has 3 nitrogen and oxygen atoms in total. The third kappa shape index (κ3) is 12.6. The standard InChI is InChI=1S/C10H23O3PS/c1-3-4-5-6-7-8-9-15-10(2)13-14(11)12/h10-12H,3-9H2,1-2H3/t10-/m0/s1. The minimum Gasteiger partial charge on any atom is -0.328 e. The average molecular weight is 254 g/mol. The molecule has 0 bridgehead atoms. The van der Waals surface area contributed by atoms with Gasteiger partial charge in [-0.2, -0.15) is 0 Å². The largest absolute Gasteiger partial charge is 0.328 e. The molecule has 0 spiro atoms. The first kappa shape index (κ1) is 15.7. The van der Waals surface area contributed by atoms with Gasteiger partial charge in [0.25, 0.3) is 0 Å². The van der Waals surface area contributed by atoms with Crippen LogP contribution in [-0.4, -0.2) is 21.0 Å². The minimum absolute atomic E-state index is 0.109. The van der Waals surface area contributed by atoms with E-state index in [2.05, 4.69) is 6.92 Å². The van der Waals surface area contributed by atoms with Gasteiger partial charge in [0, 0.05) is 0 Å². The number of rotatable bonds is 10. The Morgan fingerprint density at radius 1 is 1.13 bits per heavy atom. The Morgan fingerprint density at radius 2 is 1.73 bits per heavy atom. The normalized spacial score (nSPS) is 13.4. The molecule has 0 heterocycles. The van der Waals surface area contributed by atoms with Gasteiger partial charge in [-0.3, -0.25) is 4.52 Å². The van der Waals surface area contributed by atoms with E-state index >= 15 is 0 Å². The van der Waals surface area contributed by atoms with Crippen LogP contribution in [0.4, 0.5) is 0 Å². The Bertz CT molecular complexity index is 136. The molecule has 0 aromatic carbocycles. The van der Waals surface area contributed by atoms with E-state index < -0.39 is 8.60 Å². The van der Waals surface area contributed by atoms with Crippen molar-refractivity contribution in [1.82, 2.24) is 0 Å². The molecular formula is C10H23O3PS. The fraction of sp³-hybridized carbons (Fsp3) is 1.00. The first-order valence-electron chi connectivity index (χ1n) is 5.63. The van der Waals surface area contributed by atoms with Gasteiger partial charge in [0.2, 0.25) is 0 Å². The zero-order chi connectivity index (χ0) is 11.5. The number of thioether (sulfide) groups is 1. The van der Waals surface area contributed by atoms with Crippen LogP contribution in [0.5, 0.6) is 0 Å². The van der Waals surface area contributed by atoms with Crippen molar-refractivity contribution in [1.29, 1.82) is 0 Å². The molecule has 0 fully saturated rings. The van der Waals surface area contributed by atoms with E-state index in [1.807, 2.05) is 6.92 Å². The smallest absolute Gasteiger partial charge is 0.328 e. The van der Waals surface area contributed by atoms with Crippen molar-refractivity contribution in [2.45, 2.75) is 57.8 Å². The van der Waals surface area contributed by atoms with Gasteiger partial charge in [-0.15, -0.1) is 11.8 Å². The van der Waals surface area contributed by atoms with E-state index in [1.165, 1.54) is 38.5 Å². The summed E-state index contributed by atoms with van der Waals surface area (Å²) in [6.07, 6.45) is 7.74. The maximum absolute atomic E-state index is 8.61. The van der Waals surface area contributed by atoms with Crippen molar-refractivity contribution in [3.63, 3.8) is 0 Å². The summed E-state index contributed by atoms with van der Waals surface area (Å²) in [4.78, 5) is 17.2. The molecule has 5 heteroatoms. The molecule has 1 atom stereocenters. The first-order valence-corrected chi connectivity index (χ1v) is 7.84. The van der Waals surface area contributed by atoms with Crippen molar-refractivity contribution in [3.05, 3.63) is 0 Å². The molecule has 0 amide bonds. The number of unbranched alkanes of at least 4 members (excludes halogenated alkanes) is 5. The third-order valence-corrected chi connectivity index (χ3v) is 3.83. The summed E-state index contributed by atoms with van der Waals surface area (Å²) >= 11 is 1.64. The van der Waals surface area contributed by atoms with Gasteiger partial charge in [0.05, 0.1) is 0 Å². The van der Waals surface area contributed by atoms with Crippen molar-refractivity contribution < 1.29 is 14.3 Å². The van der Waals surface area contributed by atoms with Crippen molar-refractivity contribution in [3.8, 4) is 0 Å². The van der Waals surface area contributed by atoms with Crippen LogP contribution >= 0.6 is 20.4 Å². The molecule has 0 aliphatic heterocycles. The molecule has 15 heavy (non-hydrogen) atoms. The molecule has 0 aromatic rings. The summed E-state index contributed by atoms with van der Waals surface area (Å²) in [6.45, 7) is 4.07. The lowest BCUT2D eigenvalue weighted by Crippen LogP contribution is -2.00. The topological polar surface area (TPSA) is 49.7 Å². The summed E-state index contributed by atoms with van der Waals surface area (Å²) in [5, 5.41) is 0. The van der Waals surface area contributed by atoms with Gasteiger partial charge in [-0.05, 0) is 19.1 Å². The van der Waals surface area contributed by atoms with Crippen molar-refractivity contribution in [2.75, 3.05) is 5.75 Å². The fourth-order valence-corrected chi connectivity index (χ4v) is 2.74. The third-order valence-electron chi connectivity index (χ3n) is 2.09. The molecule has 0 aliphatic carbocycles. The number of hydrogen-bond donors (Lipinski definition) is 2. The van der Waals surface area contributed by atoms with E-state index in [0.29, 0.717) is 0 Å². The molecular weight excluding hydrogens is 231 g/mol. The summed E-state index contributed by atoms with van der Waals surface area (Å²) in [5.41, 5.74) is -0.109. The predicted molar refractivity (Wildman–Crippen MR) is 67.7 cm³/mol. The van der Waals surface area contributed by atoms with Crippen molar-refractivity contribution >= 4 is 20.4 Å². The molecule has 0 radical (unpaired) electrons. The van der Waals surface area contributed by atoms with E-state index in [1.54, 1.807) is 11.8 Å². The van der Waals surface area contributed by atoms with Crippen molar-refractivity contribution in [2.24, 2.45) is 0 Å². The second-order valence-corrected chi connectivity index (χ2v) is 5.69. The minimum atomic E-state index is -2.19. The summed E-state index contributed by atoms with van der Waals surface area (Å²) in [5.74, 6) is 1.04. The molecule has 0 aromatic heterocycles. The van der Waals surface area contributed by atoms with E-state index in [0.717, 1.165) is 5.75 Å². The van der Waals surface area contributed by atoms with Gasteiger partial charge >= 0.3 is 8.60 Å². The maximum Gasteiger partial charge on any atom is 0.328 e. The number of hydrogen-bond acceptors (Lipinski definition) is 4. The second kappa shape index (κ2) is 11.2. The molecule has 0 saturated carbocycles. The molecule has 92 valence electrons. The average Bonchev–Trinajstić information content (AvgIpc) is 2.15. The quantitative estimate of drug-likeness (QED) is 0.355. The van der Waals surface area contributed by atoms with Crippen LogP contribution in [0.1, 0.15) is 52.4 Å². The van der Waals surface area contributed by atoms with E-state index in [-0.39, 0.29) is 5.44 Å². The van der Waals surface area contributed by atoms with Crippen LogP contribution in [0.15, 0.2) is 0 Å². The highest BCUT2D eigenvalue weighted by Crippen LogP contribution is 2.31. The SMILES string of the molecule is CCCCCCCCS[C@@H](C)OP(O)O. The zero-order valence-electron chi connectivity index (χ0n) is 9.69. The monoisotopic (exact) mass is 254 g/mol.